The second kappa shape index (κ2) is 6.08. The van der Waals surface area contributed by atoms with E-state index in [1.165, 1.54) is 12.9 Å². The summed E-state index contributed by atoms with van der Waals surface area (Å²) in [6.45, 7) is 6.68. The van der Waals surface area contributed by atoms with Gasteiger partial charge < -0.3 is 10.1 Å². The first-order valence-electron chi connectivity index (χ1n) is 6.94. The minimum atomic E-state index is -0.286. The summed E-state index contributed by atoms with van der Waals surface area (Å²) in [4.78, 5) is 11.6. The van der Waals surface area contributed by atoms with E-state index in [2.05, 4.69) is 26.1 Å². The summed E-state index contributed by atoms with van der Waals surface area (Å²) >= 11 is 2.00. The van der Waals surface area contributed by atoms with Gasteiger partial charge in [0.15, 0.2) is 0 Å². The van der Waals surface area contributed by atoms with Crippen molar-refractivity contribution < 1.29 is 9.53 Å². The Kier molecular flexibility index (Phi) is 4.63. The Labute approximate surface area is 125 Å². The minimum absolute atomic E-state index is 0.286. The molecule has 1 unspecified atom stereocenters. The van der Waals surface area contributed by atoms with E-state index in [9.17, 15) is 4.79 Å². The molecule has 0 aromatic heterocycles. The molecule has 0 amide bonds. The fourth-order valence-corrected chi connectivity index (χ4v) is 3.87. The molecule has 0 aliphatic carbocycles. The summed E-state index contributed by atoms with van der Waals surface area (Å²) in [7, 11) is 1.41. The van der Waals surface area contributed by atoms with Crippen LogP contribution in [0.3, 0.4) is 0 Å². The van der Waals surface area contributed by atoms with E-state index in [-0.39, 0.29) is 5.97 Å². The van der Waals surface area contributed by atoms with Gasteiger partial charge in [0.25, 0.3) is 0 Å². The normalized spacial score (nSPS) is 21.3. The van der Waals surface area contributed by atoms with E-state index in [1.807, 2.05) is 30.0 Å². The number of rotatable bonds is 3. The van der Waals surface area contributed by atoms with E-state index in [0.29, 0.717) is 17.0 Å². The molecule has 1 aliphatic rings. The van der Waals surface area contributed by atoms with Crippen LogP contribution in [0.4, 0.5) is 5.69 Å². The number of aryl methyl sites for hydroxylation is 1. The van der Waals surface area contributed by atoms with Crippen LogP contribution in [0, 0.1) is 12.3 Å². The molecule has 3 nitrogen and oxygen atoms in total. The van der Waals surface area contributed by atoms with Gasteiger partial charge in [-0.25, -0.2) is 4.79 Å². The number of anilines is 1. The molecule has 1 fully saturated rings. The molecule has 1 N–H and O–H groups in total. The van der Waals surface area contributed by atoms with Crippen molar-refractivity contribution in [2.45, 2.75) is 33.2 Å². The van der Waals surface area contributed by atoms with E-state index in [1.54, 1.807) is 0 Å². The largest absolute Gasteiger partial charge is 0.465 e. The van der Waals surface area contributed by atoms with Gasteiger partial charge in [-0.05, 0) is 42.2 Å². The van der Waals surface area contributed by atoms with Gasteiger partial charge >= 0.3 is 5.97 Å². The number of carbonyl (C=O) groups is 1. The van der Waals surface area contributed by atoms with Crippen molar-refractivity contribution in [1.82, 2.24) is 0 Å². The molecule has 110 valence electrons. The van der Waals surface area contributed by atoms with Gasteiger partial charge in [0.05, 0.1) is 12.7 Å². The lowest BCUT2D eigenvalue weighted by Crippen LogP contribution is -2.35. The number of ether oxygens (including phenoxy) is 1. The number of thioether (sulfide) groups is 1. The van der Waals surface area contributed by atoms with Crippen LogP contribution in [0.25, 0.3) is 0 Å². The SMILES string of the molecule is COC(=O)c1ccc(C)c(NC2CSCC(C)(C)C2)c1. The molecule has 4 heteroatoms. The number of methoxy groups -OCH3 is 1. The molecule has 1 heterocycles. The summed E-state index contributed by atoms with van der Waals surface area (Å²) in [6, 6.07) is 6.13. The second-order valence-electron chi connectivity index (χ2n) is 6.25. The van der Waals surface area contributed by atoms with Crippen molar-refractivity contribution in [2.24, 2.45) is 5.41 Å². The highest BCUT2D eigenvalue weighted by Gasteiger charge is 2.28. The Balaban J connectivity index is 2.14. The second-order valence-corrected chi connectivity index (χ2v) is 7.28. The van der Waals surface area contributed by atoms with Gasteiger partial charge in [-0.15, -0.1) is 0 Å². The number of benzene rings is 1. The van der Waals surface area contributed by atoms with Crippen molar-refractivity contribution in [3.8, 4) is 0 Å². The van der Waals surface area contributed by atoms with Crippen molar-refractivity contribution in [3.05, 3.63) is 29.3 Å². The van der Waals surface area contributed by atoms with Crippen molar-refractivity contribution >= 4 is 23.4 Å². The molecule has 1 atom stereocenters. The van der Waals surface area contributed by atoms with Gasteiger partial charge in [0, 0.05) is 17.5 Å². The van der Waals surface area contributed by atoms with Crippen LogP contribution in [0.2, 0.25) is 0 Å². The topological polar surface area (TPSA) is 38.3 Å². The molecule has 1 aromatic rings. The molecule has 0 spiro atoms. The fourth-order valence-electron chi connectivity index (χ4n) is 2.60. The Morgan fingerprint density at radius 2 is 2.20 bits per heavy atom. The highest BCUT2D eigenvalue weighted by molar-refractivity contribution is 7.99. The first-order chi connectivity index (χ1) is 9.41. The van der Waals surface area contributed by atoms with Crippen LogP contribution in [0.5, 0.6) is 0 Å². The molecule has 1 aromatic carbocycles. The third-order valence-electron chi connectivity index (χ3n) is 3.63. The Bertz CT molecular complexity index is 499. The zero-order valence-corrected chi connectivity index (χ0v) is 13.5. The summed E-state index contributed by atoms with van der Waals surface area (Å²) < 4.78 is 4.78. The number of esters is 1. The van der Waals surface area contributed by atoms with Crippen LogP contribution in [0.1, 0.15) is 36.2 Å². The van der Waals surface area contributed by atoms with Crippen LogP contribution in [0.15, 0.2) is 18.2 Å². The van der Waals surface area contributed by atoms with Crippen LogP contribution in [-0.4, -0.2) is 30.6 Å². The molecule has 1 aliphatic heterocycles. The van der Waals surface area contributed by atoms with Crippen LogP contribution in [-0.2, 0) is 4.74 Å². The predicted molar refractivity (Wildman–Crippen MR) is 85.7 cm³/mol. The van der Waals surface area contributed by atoms with E-state index >= 15 is 0 Å². The van der Waals surface area contributed by atoms with E-state index < -0.39 is 0 Å². The average molecular weight is 293 g/mol. The van der Waals surface area contributed by atoms with E-state index in [0.717, 1.165) is 23.4 Å². The third kappa shape index (κ3) is 3.69. The molecule has 0 radical (unpaired) electrons. The fraction of sp³-hybridized carbons (Fsp3) is 0.562. The Hall–Kier alpha value is -1.16. The summed E-state index contributed by atoms with van der Waals surface area (Å²) in [5.41, 5.74) is 3.17. The molecular formula is C16H23NO2S. The van der Waals surface area contributed by atoms with Gasteiger partial charge in [-0.1, -0.05) is 19.9 Å². The highest BCUT2D eigenvalue weighted by Crippen LogP contribution is 2.35. The number of hydrogen-bond acceptors (Lipinski definition) is 4. The lowest BCUT2D eigenvalue weighted by atomic mass is 9.87. The molecule has 20 heavy (non-hydrogen) atoms. The quantitative estimate of drug-likeness (QED) is 0.862. The average Bonchev–Trinajstić information content (AvgIpc) is 2.39. The predicted octanol–water partition coefficient (Wildman–Crippen LogP) is 3.73. The zero-order valence-electron chi connectivity index (χ0n) is 12.7. The van der Waals surface area contributed by atoms with Gasteiger partial charge in [0.2, 0.25) is 0 Å². The van der Waals surface area contributed by atoms with Crippen molar-refractivity contribution in [2.75, 3.05) is 23.9 Å². The maximum Gasteiger partial charge on any atom is 0.337 e. The molecule has 0 saturated carbocycles. The molecule has 1 saturated heterocycles. The Morgan fingerprint density at radius 1 is 1.45 bits per heavy atom. The van der Waals surface area contributed by atoms with Crippen molar-refractivity contribution in [3.63, 3.8) is 0 Å². The van der Waals surface area contributed by atoms with Gasteiger partial charge in [-0.2, -0.15) is 11.8 Å². The first kappa shape index (κ1) is 15.2. The van der Waals surface area contributed by atoms with Gasteiger partial charge in [0.1, 0.15) is 0 Å². The molecular weight excluding hydrogens is 270 g/mol. The Morgan fingerprint density at radius 3 is 2.85 bits per heavy atom. The maximum absolute atomic E-state index is 11.6. The number of carbonyl (C=O) groups excluding carboxylic acids is 1. The lowest BCUT2D eigenvalue weighted by Gasteiger charge is -2.35. The minimum Gasteiger partial charge on any atom is -0.465 e. The number of hydrogen-bond donors (Lipinski definition) is 1. The monoisotopic (exact) mass is 293 g/mol. The third-order valence-corrected chi connectivity index (χ3v) is 5.25. The van der Waals surface area contributed by atoms with Crippen LogP contribution >= 0.6 is 11.8 Å². The van der Waals surface area contributed by atoms with E-state index in [4.69, 9.17) is 4.74 Å². The lowest BCUT2D eigenvalue weighted by molar-refractivity contribution is 0.0601. The molecule has 0 bridgehead atoms. The summed E-state index contributed by atoms with van der Waals surface area (Å²) in [5, 5.41) is 3.60. The summed E-state index contributed by atoms with van der Waals surface area (Å²) in [6.07, 6.45) is 1.15. The standard InChI is InChI=1S/C16H23NO2S/c1-11-5-6-12(15(18)19-4)7-14(11)17-13-8-16(2,3)10-20-9-13/h5-7,13,17H,8-10H2,1-4H3. The highest BCUT2D eigenvalue weighted by atomic mass is 32.2. The van der Waals surface area contributed by atoms with Gasteiger partial charge in [-0.3, -0.25) is 0 Å². The maximum atomic E-state index is 11.6. The molecule has 2 rings (SSSR count). The number of nitrogens with one attached hydrogen (secondary N) is 1. The smallest absolute Gasteiger partial charge is 0.337 e. The van der Waals surface area contributed by atoms with Crippen LogP contribution < -0.4 is 5.32 Å². The van der Waals surface area contributed by atoms with Crippen molar-refractivity contribution in [1.29, 1.82) is 0 Å². The summed E-state index contributed by atoms with van der Waals surface area (Å²) in [5.74, 6) is 2.05. The first-order valence-corrected chi connectivity index (χ1v) is 8.10. The zero-order chi connectivity index (χ0) is 14.8.